The molecule has 3 N–H and O–H groups in total. The zero-order valence-corrected chi connectivity index (χ0v) is 12.5. The van der Waals surface area contributed by atoms with E-state index in [-0.39, 0.29) is 11.6 Å². The second kappa shape index (κ2) is 6.10. The molecule has 112 valence electrons. The van der Waals surface area contributed by atoms with E-state index in [4.69, 9.17) is 10.6 Å². The quantitative estimate of drug-likeness (QED) is 0.669. The number of rotatable bonds is 4. The van der Waals surface area contributed by atoms with Crippen molar-refractivity contribution in [2.75, 3.05) is 7.11 Å². The molecule has 0 radical (unpaired) electrons. The minimum absolute atomic E-state index is 0.0179. The van der Waals surface area contributed by atoms with E-state index in [2.05, 4.69) is 22.5 Å². The standard InChI is InChI=1S/C17H23N3O/c1-21-17(10-3-2-4-11-17)16(20-18)14-7-5-9-15-13(14)8-6-12-19-15/h5-9,12,16,20H,2-4,10-11,18H2,1H3. The fourth-order valence-electron chi connectivity index (χ4n) is 3.66. The van der Waals surface area contributed by atoms with Gasteiger partial charge in [-0.2, -0.15) is 0 Å². The van der Waals surface area contributed by atoms with E-state index in [1.807, 2.05) is 24.4 Å². The van der Waals surface area contributed by atoms with Crippen LogP contribution in [0.1, 0.15) is 43.7 Å². The summed E-state index contributed by atoms with van der Waals surface area (Å²) in [4.78, 5) is 4.44. The Labute approximate surface area is 125 Å². The van der Waals surface area contributed by atoms with Gasteiger partial charge in [-0.25, -0.2) is 0 Å². The van der Waals surface area contributed by atoms with Crippen molar-refractivity contribution in [3.05, 3.63) is 42.1 Å². The van der Waals surface area contributed by atoms with Crippen LogP contribution in [-0.2, 0) is 4.74 Å². The van der Waals surface area contributed by atoms with Crippen LogP contribution in [0.2, 0.25) is 0 Å². The number of aromatic nitrogens is 1. The van der Waals surface area contributed by atoms with E-state index < -0.39 is 0 Å². The molecule has 1 aliphatic carbocycles. The molecular weight excluding hydrogens is 262 g/mol. The Kier molecular flexibility index (Phi) is 4.19. The molecule has 0 spiro atoms. The number of hydrazine groups is 1. The van der Waals surface area contributed by atoms with Gasteiger partial charge in [0.2, 0.25) is 0 Å². The van der Waals surface area contributed by atoms with Gasteiger partial charge in [-0.15, -0.1) is 0 Å². The van der Waals surface area contributed by atoms with Gasteiger partial charge in [0.15, 0.2) is 0 Å². The molecule has 1 heterocycles. The SMILES string of the molecule is COC1(C(NN)c2cccc3ncccc23)CCCCC1. The van der Waals surface area contributed by atoms with Crippen molar-refractivity contribution in [1.29, 1.82) is 0 Å². The molecule has 1 aliphatic rings. The fourth-order valence-corrected chi connectivity index (χ4v) is 3.66. The van der Waals surface area contributed by atoms with E-state index >= 15 is 0 Å². The van der Waals surface area contributed by atoms with Crippen LogP contribution < -0.4 is 11.3 Å². The Morgan fingerprint density at radius 3 is 2.71 bits per heavy atom. The number of nitrogens with two attached hydrogens (primary N) is 1. The molecule has 1 atom stereocenters. The first kappa shape index (κ1) is 14.4. The molecule has 1 aromatic heterocycles. The van der Waals surface area contributed by atoms with E-state index in [1.54, 1.807) is 7.11 Å². The van der Waals surface area contributed by atoms with Gasteiger partial charge < -0.3 is 4.74 Å². The van der Waals surface area contributed by atoms with Crippen LogP contribution in [-0.4, -0.2) is 17.7 Å². The Bertz CT molecular complexity index is 603. The highest BCUT2D eigenvalue weighted by Crippen LogP contribution is 2.42. The number of hydrogen-bond acceptors (Lipinski definition) is 4. The highest BCUT2D eigenvalue weighted by atomic mass is 16.5. The van der Waals surface area contributed by atoms with Crippen LogP contribution in [0.15, 0.2) is 36.5 Å². The molecular formula is C17H23N3O. The molecule has 1 unspecified atom stereocenters. The summed E-state index contributed by atoms with van der Waals surface area (Å²) < 4.78 is 5.97. The lowest BCUT2D eigenvalue weighted by Crippen LogP contribution is -2.49. The van der Waals surface area contributed by atoms with Gasteiger partial charge in [-0.05, 0) is 30.5 Å². The molecule has 3 rings (SSSR count). The number of pyridine rings is 1. The summed E-state index contributed by atoms with van der Waals surface area (Å²) in [6.07, 6.45) is 7.55. The average molecular weight is 285 g/mol. The van der Waals surface area contributed by atoms with Crippen LogP contribution >= 0.6 is 0 Å². The summed E-state index contributed by atoms with van der Waals surface area (Å²) in [7, 11) is 1.80. The monoisotopic (exact) mass is 285 g/mol. The lowest BCUT2D eigenvalue weighted by Gasteiger charge is -2.42. The van der Waals surface area contributed by atoms with Crippen molar-refractivity contribution in [1.82, 2.24) is 10.4 Å². The molecule has 0 amide bonds. The molecule has 2 aromatic rings. The lowest BCUT2D eigenvalue weighted by molar-refractivity contribution is -0.0685. The molecule has 1 aromatic carbocycles. The predicted octanol–water partition coefficient (Wildman–Crippen LogP) is 3.09. The molecule has 4 nitrogen and oxygen atoms in total. The third-order valence-electron chi connectivity index (χ3n) is 4.79. The van der Waals surface area contributed by atoms with Crippen molar-refractivity contribution >= 4 is 10.9 Å². The van der Waals surface area contributed by atoms with Gasteiger partial charge in [-0.3, -0.25) is 16.3 Å². The number of hydrogen-bond donors (Lipinski definition) is 2. The van der Waals surface area contributed by atoms with Gasteiger partial charge in [0.25, 0.3) is 0 Å². The van der Waals surface area contributed by atoms with Crippen LogP contribution in [0, 0.1) is 0 Å². The molecule has 0 aliphatic heterocycles. The number of ether oxygens (including phenoxy) is 1. The van der Waals surface area contributed by atoms with Crippen LogP contribution in [0.5, 0.6) is 0 Å². The van der Waals surface area contributed by atoms with E-state index in [0.717, 1.165) is 23.7 Å². The lowest BCUT2D eigenvalue weighted by atomic mass is 9.76. The molecule has 21 heavy (non-hydrogen) atoms. The Morgan fingerprint density at radius 1 is 1.19 bits per heavy atom. The summed E-state index contributed by atoms with van der Waals surface area (Å²) in [5.74, 6) is 5.94. The molecule has 0 bridgehead atoms. The summed E-state index contributed by atoms with van der Waals surface area (Å²) in [6, 6.07) is 10.3. The summed E-state index contributed by atoms with van der Waals surface area (Å²) in [6.45, 7) is 0. The van der Waals surface area contributed by atoms with Crippen molar-refractivity contribution < 1.29 is 4.74 Å². The van der Waals surface area contributed by atoms with Crippen LogP contribution in [0.3, 0.4) is 0 Å². The van der Waals surface area contributed by atoms with Gasteiger partial charge in [0, 0.05) is 18.7 Å². The third kappa shape index (κ3) is 2.55. The number of nitrogens with one attached hydrogen (secondary N) is 1. The average Bonchev–Trinajstić information content (AvgIpc) is 2.56. The maximum absolute atomic E-state index is 5.97. The van der Waals surface area contributed by atoms with Crippen molar-refractivity contribution in [3.63, 3.8) is 0 Å². The topological polar surface area (TPSA) is 60.2 Å². The van der Waals surface area contributed by atoms with Crippen LogP contribution in [0.25, 0.3) is 10.9 Å². The first-order valence-corrected chi connectivity index (χ1v) is 7.66. The summed E-state index contributed by atoms with van der Waals surface area (Å²) >= 11 is 0. The first-order valence-electron chi connectivity index (χ1n) is 7.66. The Hall–Kier alpha value is -1.49. The number of benzene rings is 1. The minimum Gasteiger partial charge on any atom is -0.376 e. The molecule has 1 saturated carbocycles. The van der Waals surface area contributed by atoms with E-state index in [1.165, 1.54) is 24.8 Å². The first-order chi connectivity index (χ1) is 10.3. The highest BCUT2D eigenvalue weighted by Gasteiger charge is 2.41. The number of methoxy groups -OCH3 is 1. The van der Waals surface area contributed by atoms with E-state index in [0.29, 0.717) is 0 Å². The van der Waals surface area contributed by atoms with Crippen molar-refractivity contribution in [2.45, 2.75) is 43.7 Å². The zero-order chi connectivity index (χ0) is 14.7. The molecule has 0 saturated heterocycles. The highest BCUT2D eigenvalue weighted by molar-refractivity contribution is 5.82. The largest absolute Gasteiger partial charge is 0.376 e. The van der Waals surface area contributed by atoms with E-state index in [9.17, 15) is 0 Å². The molecule has 1 fully saturated rings. The van der Waals surface area contributed by atoms with Crippen molar-refractivity contribution in [2.24, 2.45) is 5.84 Å². The zero-order valence-electron chi connectivity index (χ0n) is 12.5. The summed E-state index contributed by atoms with van der Waals surface area (Å²) in [5.41, 5.74) is 4.96. The summed E-state index contributed by atoms with van der Waals surface area (Å²) in [5, 5.41) is 1.14. The van der Waals surface area contributed by atoms with Gasteiger partial charge in [0.05, 0.1) is 17.2 Å². The van der Waals surface area contributed by atoms with Crippen molar-refractivity contribution in [3.8, 4) is 0 Å². The molecule has 4 heteroatoms. The van der Waals surface area contributed by atoms with Gasteiger partial charge in [0.1, 0.15) is 0 Å². The number of fused-ring (bicyclic) bond motifs is 1. The van der Waals surface area contributed by atoms with Gasteiger partial charge in [-0.1, -0.05) is 37.5 Å². The second-order valence-electron chi connectivity index (χ2n) is 5.85. The number of nitrogens with zero attached hydrogens (tertiary/aromatic N) is 1. The van der Waals surface area contributed by atoms with Gasteiger partial charge >= 0.3 is 0 Å². The second-order valence-corrected chi connectivity index (χ2v) is 5.85. The Morgan fingerprint density at radius 2 is 2.00 bits per heavy atom. The predicted molar refractivity (Wildman–Crippen MR) is 84.6 cm³/mol. The smallest absolute Gasteiger partial charge is 0.0885 e. The maximum Gasteiger partial charge on any atom is 0.0885 e. The normalized spacial score (nSPS) is 19.5. The minimum atomic E-state index is -0.225. The maximum atomic E-state index is 5.97. The fraction of sp³-hybridized carbons (Fsp3) is 0.471. The Balaban J connectivity index is 2.09. The third-order valence-corrected chi connectivity index (χ3v) is 4.79. The van der Waals surface area contributed by atoms with Crippen LogP contribution in [0.4, 0.5) is 0 Å².